The van der Waals surface area contributed by atoms with E-state index in [4.69, 9.17) is 34.8 Å². The van der Waals surface area contributed by atoms with Gasteiger partial charge < -0.3 is 15.2 Å². The lowest BCUT2D eigenvalue weighted by molar-refractivity contribution is -0.113. The van der Waals surface area contributed by atoms with Crippen LogP contribution < -0.4 is 10.6 Å². The number of carbonyl (C=O) groups is 1. The maximum absolute atomic E-state index is 12.3. The SMILES string of the molecule is CCn1c(CNc2cc(Cl)ccc2Cl)nnc1SCC(=O)Nc1ccc(C)c(Cl)c1. The van der Waals surface area contributed by atoms with Gasteiger partial charge in [-0.3, -0.25) is 4.79 Å². The van der Waals surface area contributed by atoms with Crippen LogP contribution in [0.15, 0.2) is 41.6 Å². The van der Waals surface area contributed by atoms with Crippen LogP contribution in [-0.4, -0.2) is 26.4 Å². The van der Waals surface area contributed by atoms with Crippen molar-refractivity contribution in [2.24, 2.45) is 0 Å². The van der Waals surface area contributed by atoms with Crippen LogP contribution in [0.4, 0.5) is 11.4 Å². The van der Waals surface area contributed by atoms with E-state index >= 15 is 0 Å². The van der Waals surface area contributed by atoms with Gasteiger partial charge in [0.05, 0.1) is 23.0 Å². The molecule has 0 saturated heterocycles. The van der Waals surface area contributed by atoms with Gasteiger partial charge in [0.2, 0.25) is 5.91 Å². The minimum atomic E-state index is -0.143. The number of aromatic nitrogens is 3. The molecule has 0 saturated carbocycles. The summed E-state index contributed by atoms with van der Waals surface area (Å²) in [5.41, 5.74) is 2.34. The van der Waals surface area contributed by atoms with Crippen molar-refractivity contribution < 1.29 is 4.79 Å². The number of aryl methyl sites for hydroxylation is 1. The average molecular weight is 485 g/mol. The summed E-state index contributed by atoms with van der Waals surface area (Å²) in [4.78, 5) is 12.3. The number of anilines is 2. The summed E-state index contributed by atoms with van der Waals surface area (Å²) in [5.74, 6) is 0.801. The summed E-state index contributed by atoms with van der Waals surface area (Å²) in [6.45, 7) is 5.01. The van der Waals surface area contributed by atoms with Crippen LogP contribution in [0.2, 0.25) is 15.1 Å². The van der Waals surface area contributed by atoms with E-state index < -0.39 is 0 Å². The first-order valence-electron chi connectivity index (χ1n) is 9.17. The molecule has 1 amide bonds. The quantitative estimate of drug-likeness (QED) is 0.389. The second kappa shape index (κ2) is 10.4. The van der Waals surface area contributed by atoms with E-state index in [0.29, 0.717) is 39.0 Å². The predicted octanol–water partition coefficient (Wildman–Crippen LogP) is 5.91. The molecule has 0 radical (unpaired) electrons. The second-order valence-electron chi connectivity index (χ2n) is 6.42. The fourth-order valence-corrected chi connectivity index (χ4v) is 4.04. The smallest absolute Gasteiger partial charge is 0.234 e. The Morgan fingerprint density at radius 3 is 2.63 bits per heavy atom. The van der Waals surface area contributed by atoms with Crippen LogP contribution in [0.1, 0.15) is 18.3 Å². The minimum Gasteiger partial charge on any atom is -0.376 e. The van der Waals surface area contributed by atoms with Gasteiger partial charge in [-0.1, -0.05) is 52.6 Å². The number of amides is 1. The number of halogens is 3. The van der Waals surface area contributed by atoms with Gasteiger partial charge in [-0.25, -0.2) is 0 Å². The second-order valence-corrected chi connectivity index (χ2v) is 8.61. The molecular formula is C20H20Cl3N5OS. The Balaban J connectivity index is 1.60. The van der Waals surface area contributed by atoms with Crippen LogP contribution in [0.25, 0.3) is 0 Å². The summed E-state index contributed by atoms with van der Waals surface area (Å²) in [6.07, 6.45) is 0. The fraction of sp³-hybridized carbons (Fsp3) is 0.250. The zero-order chi connectivity index (χ0) is 21.7. The number of hydrogen-bond acceptors (Lipinski definition) is 5. The van der Waals surface area contributed by atoms with E-state index in [2.05, 4.69) is 20.8 Å². The van der Waals surface area contributed by atoms with Crippen molar-refractivity contribution in [2.75, 3.05) is 16.4 Å². The van der Waals surface area contributed by atoms with Crippen molar-refractivity contribution in [3.8, 4) is 0 Å². The van der Waals surface area contributed by atoms with Crippen molar-refractivity contribution in [3.63, 3.8) is 0 Å². The zero-order valence-corrected chi connectivity index (χ0v) is 19.5. The van der Waals surface area contributed by atoms with Gasteiger partial charge in [-0.2, -0.15) is 0 Å². The van der Waals surface area contributed by atoms with Crippen LogP contribution >= 0.6 is 46.6 Å². The summed E-state index contributed by atoms with van der Waals surface area (Å²) in [6, 6.07) is 10.6. The zero-order valence-electron chi connectivity index (χ0n) is 16.4. The Bertz CT molecular complexity index is 1060. The Hall–Kier alpha value is -1.93. The first-order valence-corrected chi connectivity index (χ1v) is 11.3. The fourth-order valence-electron chi connectivity index (χ4n) is 2.68. The molecule has 0 aliphatic heterocycles. The predicted molar refractivity (Wildman–Crippen MR) is 125 cm³/mol. The number of hydrogen-bond donors (Lipinski definition) is 2. The Morgan fingerprint density at radius 1 is 1.10 bits per heavy atom. The Kier molecular flexibility index (Phi) is 7.88. The lowest BCUT2D eigenvalue weighted by Crippen LogP contribution is -2.15. The third-order valence-corrected chi connectivity index (χ3v) is 6.20. The molecule has 30 heavy (non-hydrogen) atoms. The van der Waals surface area contributed by atoms with E-state index in [0.717, 1.165) is 17.1 Å². The number of rotatable bonds is 8. The van der Waals surface area contributed by atoms with Crippen LogP contribution in [-0.2, 0) is 17.9 Å². The van der Waals surface area contributed by atoms with Crippen molar-refractivity contribution in [3.05, 3.63) is 62.9 Å². The standard InChI is InChI=1S/C20H20Cl3N5OS/c1-3-28-18(10-24-17-8-13(21)5-7-15(17)22)26-27-20(28)30-11-19(29)25-14-6-4-12(2)16(23)9-14/h4-9,24H,3,10-11H2,1-2H3,(H,25,29). The molecule has 0 unspecified atom stereocenters. The molecule has 0 aliphatic carbocycles. The molecule has 1 heterocycles. The monoisotopic (exact) mass is 483 g/mol. The maximum atomic E-state index is 12.3. The van der Waals surface area contributed by atoms with Gasteiger partial charge in [-0.15, -0.1) is 10.2 Å². The highest BCUT2D eigenvalue weighted by Crippen LogP contribution is 2.26. The van der Waals surface area contributed by atoms with Crippen LogP contribution in [0, 0.1) is 6.92 Å². The van der Waals surface area contributed by atoms with Crippen molar-refractivity contribution in [2.45, 2.75) is 32.1 Å². The molecule has 0 bridgehead atoms. The van der Waals surface area contributed by atoms with E-state index in [1.807, 2.05) is 30.5 Å². The van der Waals surface area contributed by atoms with Crippen molar-refractivity contribution in [1.29, 1.82) is 0 Å². The average Bonchev–Trinajstić information content (AvgIpc) is 3.11. The molecular weight excluding hydrogens is 465 g/mol. The molecule has 2 aromatic carbocycles. The molecule has 0 fully saturated rings. The lowest BCUT2D eigenvalue weighted by Gasteiger charge is -2.11. The number of nitrogens with one attached hydrogen (secondary N) is 2. The molecule has 2 N–H and O–H groups in total. The van der Waals surface area contributed by atoms with Crippen LogP contribution in [0.5, 0.6) is 0 Å². The molecule has 10 heteroatoms. The molecule has 1 aromatic heterocycles. The van der Waals surface area contributed by atoms with Gasteiger partial charge in [0, 0.05) is 22.3 Å². The number of thioether (sulfide) groups is 1. The summed E-state index contributed by atoms with van der Waals surface area (Å²) in [7, 11) is 0. The van der Waals surface area contributed by atoms with Gasteiger partial charge in [0.25, 0.3) is 0 Å². The highest BCUT2D eigenvalue weighted by molar-refractivity contribution is 7.99. The third-order valence-electron chi connectivity index (χ3n) is 4.26. The van der Waals surface area contributed by atoms with E-state index in [1.165, 1.54) is 11.8 Å². The highest BCUT2D eigenvalue weighted by atomic mass is 35.5. The van der Waals surface area contributed by atoms with Gasteiger partial charge in [-0.05, 0) is 49.7 Å². The molecule has 0 spiro atoms. The normalized spacial score (nSPS) is 10.8. The molecule has 6 nitrogen and oxygen atoms in total. The van der Waals surface area contributed by atoms with E-state index in [9.17, 15) is 4.79 Å². The number of carbonyl (C=O) groups excluding carboxylic acids is 1. The molecule has 0 atom stereocenters. The maximum Gasteiger partial charge on any atom is 0.234 e. The van der Waals surface area contributed by atoms with Crippen LogP contribution in [0.3, 0.4) is 0 Å². The van der Waals surface area contributed by atoms with Gasteiger partial charge in [0.15, 0.2) is 11.0 Å². The molecule has 3 rings (SSSR count). The third kappa shape index (κ3) is 5.82. The molecule has 3 aromatic rings. The Morgan fingerprint density at radius 2 is 1.90 bits per heavy atom. The first kappa shape index (κ1) is 22.7. The minimum absolute atomic E-state index is 0.143. The van der Waals surface area contributed by atoms with Crippen molar-refractivity contribution in [1.82, 2.24) is 14.8 Å². The van der Waals surface area contributed by atoms with Gasteiger partial charge in [0.1, 0.15) is 0 Å². The first-order chi connectivity index (χ1) is 14.4. The largest absolute Gasteiger partial charge is 0.376 e. The Labute approximate surface area is 194 Å². The van der Waals surface area contributed by atoms with E-state index in [1.54, 1.807) is 24.3 Å². The summed E-state index contributed by atoms with van der Waals surface area (Å²) in [5, 5.41) is 17.0. The number of nitrogens with zero attached hydrogens (tertiary/aromatic N) is 3. The summed E-state index contributed by atoms with van der Waals surface area (Å²) >= 11 is 19.6. The topological polar surface area (TPSA) is 71.8 Å². The highest BCUT2D eigenvalue weighted by Gasteiger charge is 2.14. The molecule has 158 valence electrons. The van der Waals surface area contributed by atoms with Gasteiger partial charge >= 0.3 is 0 Å². The summed E-state index contributed by atoms with van der Waals surface area (Å²) < 4.78 is 1.95. The van der Waals surface area contributed by atoms with Crippen molar-refractivity contribution >= 4 is 63.8 Å². The lowest BCUT2D eigenvalue weighted by atomic mass is 10.2. The number of benzene rings is 2. The van der Waals surface area contributed by atoms with E-state index in [-0.39, 0.29) is 11.7 Å². The molecule has 0 aliphatic rings.